The van der Waals surface area contributed by atoms with Crippen LogP contribution < -0.4 is 4.90 Å². The smallest absolute Gasteiger partial charge is 0.159 e. The van der Waals surface area contributed by atoms with Crippen molar-refractivity contribution < 1.29 is 4.42 Å². The fourth-order valence-corrected chi connectivity index (χ4v) is 9.93. The molecule has 0 saturated heterocycles. The van der Waals surface area contributed by atoms with Gasteiger partial charge in [-0.25, -0.2) is 0 Å². The third-order valence-corrected chi connectivity index (χ3v) is 12.3. The Hall–Kier alpha value is -7.62. The predicted octanol–water partition coefficient (Wildman–Crippen LogP) is 14.5. The van der Waals surface area contributed by atoms with Crippen LogP contribution in [0.1, 0.15) is 22.3 Å². The van der Waals surface area contributed by atoms with E-state index in [1.165, 1.54) is 60.9 Å². The third kappa shape index (κ3) is 4.56. The quantitative estimate of drug-likeness (QED) is 0.169. The summed E-state index contributed by atoms with van der Waals surface area (Å²) in [7, 11) is 0. The second kappa shape index (κ2) is 12.7. The molecule has 0 fully saturated rings. The molecule has 0 bridgehead atoms. The van der Waals surface area contributed by atoms with E-state index in [1.54, 1.807) is 0 Å². The van der Waals surface area contributed by atoms with E-state index in [0.29, 0.717) is 0 Å². The third-order valence-electron chi connectivity index (χ3n) is 12.3. The van der Waals surface area contributed by atoms with Crippen molar-refractivity contribution in [1.82, 2.24) is 4.57 Å². The van der Waals surface area contributed by atoms with Gasteiger partial charge in [0.2, 0.25) is 0 Å². The second-order valence-corrected chi connectivity index (χ2v) is 15.2. The van der Waals surface area contributed by atoms with E-state index in [1.807, 2.05) is 6.07 Å². The van der Waals surface area contributed by atoms with Crippen molar-refractivity contribution in [3.8, 4) is 16.8 Å². The van der Waals surface area contributed by atoms with Gasteiger partial charge in [-0.3, -0.25) is 0 Å². The summed E-state index contributed by atoms with van der Waals surface area (Å²) in [6.45, 7) is 0. The van der Waals surface area contributed by atoms with Crippen LogP contribution in [-0.2, 0) is 5.41 Å². The molecule has 0 unspecified atom stereocenters. The first-order chi connectivity index (χ1) is 28.8. The van der Waals surface area contributed by atoms with E-state index < -0.39 is 5.41 Å². The first-order valence-electron chi connectivity index (χ1n) is 19.9. The standard InChI is InChI=1S/C55H36N2O/c1-4-18-37(19-5-1)55(38-20-6-2-7-21-38)46-28-17-31-50(57-48-29-13-10-24-41(48)42-25-11-14-30-49(42)57)53(46)45-35-34-40(36-47(45)55)56(39-22-8-3-9-23-39)51-32-16-27-44-43-26-12-15-33-52(43)58-54(44)51/h1-36H. The van der Waals surface area contributed by atoms with Crippen molar-refractivity contribution in [3.63, 3.8) is 0 Å². The second-order valence-electron chi connectivity index (χ2n) is 15.2. The van der Waals surface area contributed by atoms with Gasteiger partial charge in [0.25, 0.3) is 0 Å². The molecule has 2 heterocycles. The monoisotopic (exact) mass is 740 g/mol. The van der Waals surface area contributed by atoms with Crippen LogP contribution >= 0.6 is 0 Å². The Balaban J connectivity index is 1.20. The lowest BCUT2D eigenvalue weighted by molar-refractivity contribution is 0.669. The molecular formula is C55H36N2O. The molecule has 12 rings (SSSR count). The molecule has 0 N–H and O–H groups in total. The Morgan fingerprint density at radius 2 is 0.983 bits per heavy atom. The molecule has 2 aromatic heterocycles. The molecule has 11 aromatic rings. The maximum atomic E-state index is 6.71. The molecule has 0 aliphatic heterocycles. The molecular weight excluding hydrogens is 705 g/mol. The molecule has 58 heavy (non-hydrogen) atoms. The van der Waals surface area contributed by atoms with Crippen molar-refractivity contribution in [2.24, 2.45) is 0 Å². The Kier molecular flexibility index (Phi) is 7.14. The highest BCUT2D eigenvalue weighted by Crippen LogP contribution is 2.59. The molecule has 272 valence electrons. The summed E-state index contributed by atoms with van der Waals surface area (Å²) in [5.41, 5.74) is 15.2. The molecule has 3 heteroatoms. The molecule has 0 spiro atoms. The normalized spacial score (nSPS) is 13.0. The minimum atomic E-state index is -0.619. The van der Waals surface area contributed by atoms with Gasteiger partial charge in [0.1, 0.15) is 5.58 Å². The Labute approximate surface area is 336 Å². The molecule has 3 nitrogen and oxygen atoms in total. The maximum Gasteiger partial charge on any atom is 0.159 e. The number of para-hydroxylation sites is 5. The summed E-state index contributed by atoms with van der Waals surface area (Å²) in [5, 5.41) is 4.71. The lowest BCUT2D eigenvalue weighted by atomic mass is 9.67. The van der Waals surface area contributed by atoms with Gasteiger partial charge in [0.05, 0.1) is 27.8 Å². The van der Waals surface area contributed by atoms with Gasteiger partial charge >= 0.3 is 0 Å². The maximum absolute atomic E-state index is 6.71. The minimum Gasteiger partial charge on any atom is -0.454 e. The number of anilines is 3. The summed E-state index contributed by atoms with van der Waals surface area (Å²) in [5.74, 6) is 0. The highest BCUT2D eigenvalue weighted by Gasteiger charge is 2.47. The van der Waals surface area contributed by atoms with Gasteiger partial charge in [0, 0.05) is 38.5 Å². The van der Waals surface area contributed by atoms with Gasteiger partial charge in [-0.2, -0.15) is 0 Å². The zero-order valence-electron chi connectivity index (χ0n) is 31.6. The number of furan rings is 1. The number of aromatic nitrogens is 1. The van der Waals surface area contributed by atoms with Crippen LogP contribution in [0.3, 0.4) is 0 Å². The van der Waals surface area contributed by atoms with Gasteiger partial charge < -0.3 is 13.9 Å². The van der Waals surface area contributed by atoms with Gasteiger partial charge in [-0.1, -0.05) is 164 Å². The average molecular weight is 741 g/mol. The van der Waals surface area contributed by atoms with E-state index in [-0.39, 0.29) is 0 Å². The van der Waals surface area contributed by atoms with Crippen LogP contribution in [0.5, 0.6) is 0 Å². The number of hydrogen-bond acceptors (Lipinski definition) is 2. The van der Waals surface area contributed by atoms with Gasteiger partial charge in [-0.05, 0) is 82.4 Å². The molecule has 0 radical (unpaired) electrons. The largest absolute Gasteiger partial charge is 0.454 e. The number of benzene rings is 9. The van der Waals surface area contributed by atoms with E-state index in [9.17, 15) is 0 Å². The molecule has 9 aromatic carbocycles. The zero-order chi connectivity index (χ0) is 38.2. The summed E-state index contributed by atoms with van der Waals surface area (Å²) in [6.07, 6.45) is 0. The van der Waals surface area contributed by atoms with Crippen LogP contribution in [0.15, 0.2) is 223 Å². The topological polar surface area (TPSA) is 21.3 Å². The van der Waals surface area contributed by atoms with Crippen LogP contribution in [0.2, 0.25) is 0 Å². The summed E-state index contributed by atoms with van der Waals surface area (Å²) in [6, 6.07) is 79.3. The first kappa shape index (κ1) is 32.6. The number of rotatable bonds is 6. The van der Waals surface area contributed by atoms with Crippen LogP contribution in [0.4, 0.5) is 17.1 Å². The lowest BCUT2D eigenvalue weighted by Gasteiger charge is -2.35. The molecule has 1 aliphatic rings. The van der Waals surface area contributed by atoms with Crippen molar-refractivity contribution in [2.45, 2.75) is 5.41 Å². The summed E-state index contributed by atoms with van der Waals surface area (Å²) >= 11 is 0. The molecule has 0 atom stereocenters. The average Bonchev–Trinajstić information content (AvgIpc) is 3.94. The number of nitrogens with zero attached hydrogens (tertiary/aromatic N) is 2. The Morgan fingerprint density at radius 3 is 1.67 bits per heavy atom. The fraction of sp³-hybridized carbons (Fsp3) is 0.0182. The van der Waals surface area contributed by atoms with Crippen molar-refractivity contribution in [1.29, 1.82) is 0 Å². The number of hydrogen-bond donors (Lipinski definition) is 0. The lowest BCUT2D eigenvalue weighted by Crippen LogP contribution is -2.28. The van der Waals surface area contributed by atoms with Crippen LogP contribution in [0.25, 0.3) is 60.6 Å². The zero-order valence-corrected chi connectivity index (χ0v) is 31.6. The van der Waals surface area contributed by atoms with Crippen molar-refractivity contribution in [2.75, 3.05) is 4.90 Å². The minimum absolute atomic E-state index is 0.619. The Morgan fingerprint density at radius 1 is 0.414 bits per heavy atom. The predicted molar refractivity (Wildman–Crippen MR) is 240 cm³/mol. The number of fused-ring (bicyclic) bond motifs is 9. The van der Waals surface area contributed by atoms with Crippen LogP contribution in [0, 0.1) is 0 Å². The van der Waals surface area contributed by atoms with E-state index in [0.717, 1.165) is 39.0 Å². The van der Waals surface area contributed by atoms with Gasteiger partial charge in [-0.15, -0.1) is 0 Å². The summed E-state index contributed by atoms with van der Waals surface area (Å²) in [4.78, 5) is 2.36. The van der Waals surface area contributed by atoms with Crippen LogP contribution in [-0.4, -0.2) is 4.57 Å². The highest BCUT2D eigenvalue weighted by atomic mass is 16.3. The van der Waals surface area contributed by atoms with E-state index in [2.05, 4.69) is 222 Å². The molecule has 0 saturated carbocycles. The fourth-order valence-electron chi connectivity index (χ4n) is 9.93. The Bertz CT molecular complexity index is 3250. The van der Waals surface area contributed by atoms with Gasteiger partial charge in [0.15, 0.2) is 5.58 Å². The molecule has 1 aliphatic carbocycles. The van der Waals surface area contributed by atoms with Crippen molar-refractivity contribution >= 4 is 60.8 Å². The van der Waals surface area contributed by atoms with Crippen molar-refractivity contribution in [3.05, 3.63) is 241 Å². The SMILES string of the molecule is c1ccc(N(c2ccc3c(c2)C(c2ccccc2)(c2ccccc2)c2cccc(-n4c5ccccc5c5ccccc54)c2-3)c2cccc3c2oc2ccccc23)cc1. The first-order valence-corrected chi connectivity index (χ1v) is 19.9. The summed E-state index contributed by atoms with van der Waals surface area (Å²) < 4.78 is 9.19. The highest BCUT2D eigenvalue weighted by molar-refractivity contribution is 6.11. The molecule has 0 amide bonds. The van der Waals surface area contributed by atoms with E-state index >= 15 is 0 Å². The van der Waals surface area contributed by atoms with E-state index in [4.69, 9.17) is 4.42 Å².